The number of aryl methyl sites for hydroxylation is 1. The van der Waals surface area contributed by atoms with Crippen LogP contribution in [-0.4, -0.2) is 0 Å². The Hall–Kier alpha value is -1.76. The van der Waals surface area contributed by atoms with E-state index in [0.717, 1.165) is 5.69 Å². The molecule has 84 valence electrons. The van der Waals surface area contributed by atoms with Crippen LogP contribution in [0.4, 0.5) is 5.69 Å². The highest BCUT2D eigenvalue weighted by molar-refractivity contribution is 5.67. The van der Waals surface area contributed by atoms with Gasteiger partial charge < -0.3 is 5.73 Å². The lowest BCUT2D eigenvalue weighted by Gasteiger charge is -2.02. The number of hydrogen-bond acceptors (Lipinski definition) is 1. The summed E-state index contributed by atoms with van der Waals surface area (Å²) in [5, 5.41) is 0. The summed E-state index contributed by atoms with van der Waals surface area (Å²) >= 11 is 0. The summed E-state index contributed by atoms with van der Waals surface area (Å²) in [6, 6.07) is 16.4. The highest BCUT2D eigenvalue weighted by Gasteiger charge is 1.96. The SMILES string of the molecule is CC.Cc1ccc(-c2cccc(N)c2)cc1. The maximum Gasteiger partial charge on any atom is 0.0320 e. The largest absolute Gasteiger partial charge is 0.399 e. The van der Waals surface area contributed by atoms with Crippen LogP contribution in [0.2, 0.25) is 0 Å². The van der Waals surface area contributed by atoms with Gasteiger partial charge in [-0.3, -0.25) is 0 Å². The van der Waals surface area contributed by atoms with E-state index in [9.17, 15) is 0 Å². The molecule has 16 heavy (non-hydrogen) atoms. The Labute approximate surface area is 97.9 Å². The van der Waals surface area contributed by atoms with Crippen molar-refractivity contribution in [2.75, 3.05) is 5.73 Å². The van der Waals surface area contributed by atoms with Crippen molar-refractivity contribution in [2.24, 2.45) is 0 Å². The van der Waals surface area contributed by atoms with Crippen LogP contribution in [0.3, 0.4) is 0 Å². The average Bonchev–Trinajstić information content (AvgIpc) is 2.32. The third-order valence-corrected chi connectivity index (χ3v) is 2.27. The summed E-state index contributed by atoms with van der Waals surface area (Å²) in [7, 11) is 0. The molecule has 2 aromatic carbocycles. The predicted octanol–water partition coefficient (Wildman–Crippen LogP) is 4.27. The number of hydrogen-bond donors (Lipinski definition) is 1. The molecule has 0 fully saturated rings. The molecule has 2 aromatic rings. The van der Waals surface area contributed by atoms with E-state index >= 15 is 0 Å². The van der Waals surface area contributed by atoms with Gasteiger partial charge in [-0.25, -0.2) is 0 Å². The minimum atomic E-state index is 0.808. The lowest BCUT2D eigenvalue weighted by molar-refractivity contribution is 1.47. The third kappa shape index (κ3) is 3.13. The van der Waals surface area contributed by atoms with Crippen molar-refractivity contribution in [3.05, 3.63) is 54.1 Å². The van der Waals surface area contributed by atoms with Gasteiger partial charge in [0.15, 0.2) is 0 Å². The Morgan fingerprint density at radius 3 is 2.00 bits per heavy atom. The number of anilines is 1. The van der Waals surface area contributed by atoms with Crippen LogP contribution in [0.5, 0.6) is 0 Å². The Morgan fingerprint density at radius 2 is 1.44 bits per heavy atom. The highest BCUT2D eigenvalue weighted by Crippen LogP contribution is 2.21. The average molecular weight is 213 g/mol. The van der Waals surface area contributed by atoms with Crippen molar-refractivity contribution in [3.63, 3.8) is 0 Å². The first-order valence-corrected chi connectivity index (χ1v) is 5.68. The van der Waals surface area contributed by atoms with Gasteiger partial charge in [-0.15, -0.1) is 0 Å². The van der Waals surface area contributed by atoms with E-state index in [0.29, 0.717) is 0 Å². The van der Waals surface area contributed by atoms with E-state index in [-0.39, 0.29) is 0 Å². The molecular formula is C15H19N. The molecular weight excluding hydrogens is 194 g/mol. The fourth-order valence-electron chi connectivity index (χ4n) is 1.46. The lowest BCUT2D eigenvalue weighted by atomic mass is 10.0. The van der Waals surface area contributed by atoms with Gasteiger partial charge in [0.05, 0.1) is 0 Å². The van der Waals surface area contributed by atoms with Gasteiger partial charge in [-0.05, 0) is 30.2 Å². The molecule has 0 heterocycles. The van der Waals surface area contributed by atoms with Crippen LogP contribution in [0.25, 0.3) is 11.1 Å². The van der Waals surface area contributed by atoms with E-state index in [1.165, 1.54) is 16.7 Å². The van der Waals surface area contributed by atoms with Crippen molar-refractivity contribution < 1.29 is 0 Å². The topological polar surface area (TPSA) is 26.0 Å². The molecule has 0 saturated heterocycles. The zero-order chi connectivity index (χ0) is 12.0. The molecule has 0 aliphatic carbocycles. The van der Waals surface area contributed by atoms with Crippen molar-refractivity contribution in [3.8, 4) is 11.1 Å². The van der Waals surface area contributed by atoms with E-state index in [2.05, 4.69) is 37.3 Å². The van der Waals surface area contributed by atoms with Gasteiger partial charge >= 0.3 is 0 Å². The molecule has 1 heteroatoms. The van der Waals surface area contributed by atoms with E-state index < -0.39 is 0 Å². The summed E-state index contributed by atoms with van der Waals surface area (Å²) in [4.78, 5) is 0. The molecule has 2 N–H and O–H groups in total. The normalized spacial score (nSPS) is 9.19. The Balaban J connectivity index is 0.000000606. The fourth-order valence-corrected chi connectivity index (χ4v) is 1.46. The van der Waals surface area contributed by atoms with E-state index in [1.54, 1.807) is 0 Å². The Morgan fingerprint density at radius 1 is 0.812 bits per heavy atom. The summed E-state index contributed by atoms with van der Waals surface area (Å²) in [6.45, 7) is 6.09. The van der Waals surface area contributed by atoms with E-state index in [4.69, 9.17) is 5.73 Å². The van der Waals surface area contributed by atoms with Gasteiger partial charge in [0.1, 0.15) is 0 Å². The molecule has 0 bridgehead atoms. The number of rotatable bonds is 1. The molecule has 0 atom stereocenters. The van der Waals surface area contributed by atoms with Crippen LogP contribution in [0.1, 0.15) is 19.4 Å². The lowest BCUT2D eigenvalue weighted by Crippen LogP contribution is -1.84. The maximum atomic E-state index is 5.73. The molecule has 0 spiro atoms. The molecule has 0 aromatic heterocycles. The number of benzene rings is 2. The van der Waals surface area contributed by atoms with Gasteiger partial charge in [-0.2, -0.15) is 0 Å². The van der Waals surface area contributed by atoms with Crippen LogP contribution in [0, 0.1) is 6.92 Å². The van der Waals surface area contributed by atoms with Crippen molar-refractivity contribution in [1.82, 2.24) is 0 Å². The number of nitrogens with two attached hydrogens (primary N) is 1. The van der Waals surface area contributed by atoms with Crippen molar-refractivity contribution in [1.29, 1.82) is 0 Å². The molecule has 1 nitrogen and oxygen atoms in total. The van der Waals surface area contributed by atoms with Gasteiger partial charge in [0.25, 0.3) is 0 Å². The van der Waals surface area contributed by atoms with Gasteiger partial charge in [0.2, 0.25) is 0 Å². The zero-order valence-electron chi connectivity index (χ0n) is 10.2. The molecule has 0 radical (unpaired) electrons. The maximum absolute atomic E-state index is 5.73. The predicted molar refractivity (Wildman–Crippen MR) is 72.4 cm³/mol. The van der Waals surface area contributed by atoms with Crippen LogP contribution in [0.15, 0.2) is 48.5 Å². The second-order valence-corrected chi connectivity index (χ2v) is 3.49. The summed E-state index contributed by atoms with van der Waals surface area (Å²) in [6.07, 6.45) is 0. The standard InChI is InChI=1S/C13H13N.C2H6/c1-10-5-7-11(8-6-10)12-3-2-4-13(14)9-12;1-2/h2-9H,14H2,1H3;1-2H3. The molecule has 0 amide bonds. The monoisotopic (exact) mass is 213 g/mol. The number of nitrogen functional groups attached to an aromatic ring is 1. The van der Waals surface area contributed by atoms with Crippen LogP contribution >= 0.6 is 0 Å². The quantitative estimate of drug-likeness (QED) is 0.703. The fraction of sp³-hybridized carbons (Fsp3) is 0.200. The zero-order valence-corrected chi connectivity index (χ0v) is 10.2. The summed E-state index contributed by atoms with van der Waals surface area (Å²) in [5.74, 6) is 0. The first kappa shape index (κ1) is 12.3. The second kappa shape index (κ2) is 5.96. The van der Waals surface area contributed by atoms with Crippen LogP contribution < -0.4 is 5.73 Å². The molecule has 0 aliphatic rings. The highest BCUT2D eigenvalue weighted by atomic mass is 14.5. The Bertz CT molecular complexity index is 429. The third-order valence-electron chi connectivity index (χ3n) is 2.27. The van der Waals surface area contributed by atoms with E-state index in [1.807, 2.05) is 32.0 Å². The molecule has 0 unspecified atom stereocenters. The minimum absolute atomic E-state index is 0.808. The Kier molecular flexibility index (Phi) is 4.59. The van der Waals surface area contributed by atoms with Gasteiger partial charge in [-0.1, -0.05) is 55.8 Å². The summed E-state index contributed by atoms with van der Waals surface area (Å²) < 4.78 is 0. The first-order chi connectivity index (χ1) is 7.75. The first-order valence-electron chi connectivity index (χ1n) is 5.68. The molecule has 2 rings (SSSR count). The summed E-state index contributed by atoms with van der Waals surface area (Å²) in [5.41, 5.74) is 10.2. The molecule has 0 aliphatic heterocycles. The van der Waals surface area contributed by atoms with Gasteiger partial charge in [0, 0.05) is 5.69 Å². The minimum Gasteiger partial charge on any atom is -0.399 e. The van der Waals surface area contributed by atoms with Crippen molar-refractivity contribution >= 4 is 5.69 Å². The van der Waals surface area contributed by atoms with Crippen molar-refractivity contribution in [2.45, 2.75) is 20.8 Å². The smallest absolute Gasteiger partial charge is 0.0320 e. The molecule has 0 saturated carbocycles. The van der Waals surface area contributed by atoms with Crippen LogP contribution in [-0.2, 0) is 0 Å². The second-order valence-electron chi connectivity index (χ2n) is 3.49.